The van der Waals surface area contributed by atoms with Crippen LogP contribution in [0.3, 0.4) is 0 Å². The van der Waals surface area contributed by atoms with Gasteiger partial charge in [-0.2, -0.15) is 0 Å². The van der Waals surface area contributed by atoms with Gasteiger partial charge in [0.05, 0.1) is 17.2 Å². The standard InChI is InChI=1S/C11H12ClN3O2S/c1-17-8-4-2-3-7(12)10(8)15-5-9(14-6-16)18-11(15)13/h2-6,11H,13H2,1H3,(H,14,16). The Morgan fingerprint density at radius 1 is 1.61 bits per heavy atom. The first-order chi connectivity index (χ1) is 8.67. The highest BCUT2D eigenvalue weighted by atomic mass is 35.5. The molecule has 1 aliphatic rings. The molecule has 0 spiro atoms. The molecule has 0 fully saturated rings. The largest absolute Gasteiger partial charge is 0.495 e. The summed E-state index contributed by atoms with van der Waals surface area (Å²) in [6.07, 6.45) is 2.34. The van der Waals surface area contributed by atoms with Crippen molar-refractivity contribution in [2.75, 3.05) is 12.0 Å². The number of anilines is 1. The molecule has 18 heavy (non-hydrogen) atoms. The number of benzene rings is 1. The van der Waals surface area contributed by atoms with Crippen molar-refractivity contribution in [3.05, 3.63) is 34.5 Å². The van der Waals surface area contributed by atoms with Crippen LogP contribution in [0.4, 0.5) is 5.69 Å². The number of hydrogen-bond acceptors (Lipinski definition) is 5. The van der Waals surface area contributed by atoms with Crippen LogP contribution in [0.1, 0.15) is 0 Å². The van der Waals surface area contributed by atoms with Crippen molar-refractivity contribution in [2.45, 2.75) is 5.50 Å². The molecule has 0 aromatic heterocycles. The maximum absolute atomic E-state index is 10.4. The zero-order valence-electron chi connectivity index (χ0n) is 9.59. The number of rotatable bonds is 4. The van der Waals surface area contributed by atoms with Crippen molar-refractivity contribution >= 4 is 35.5 Å². The van der Waals surface area contributed by atoms with E-state index in [4.69, 9.17) is 22.1 Å². The van der Waals surface area contributed by atoms with Crippen LogP contribution < -0.4 is 20.7 Å². The van der Waals surface area contributed by atoms with Crippen molar-refractivity contribution in [1.29, 1.82) is 0 Å². The van der Waals surface area contributed by atoms with Gasteiger partial charge in [-0.15, -0.1) is 0 Å². The average molecular weight is 286 g/mol. The van der Waals surface area contributed by atoms with E-state index in [1.807, 2.05) is 0 Å². The second-order valence-corrected chi connectivity index (χ2v) is 5.03. The van der Waals surface area contributed by atoms with Gasteiger partial charge in [-0.25, -0.2) is 0 Å². The van der Waals surface area contributed by atoms with E-state index in [1.54, 1.807) is 36.4 Å². The van der Waals surface area contributed by atoms with Crippen LogP contribution in [0.5, 0.6) is 5.75 Å². The topological polar surface area (TPSA) is 67.6 Å². The Morgan fingerprint density at radius 3 is 3.06 bits per heavy atom. The Labute approximate surface area is 114 Å². The minimum atomic E-state index is -0.360. The number of methoxy groups -OCH3 is 1. The lowest BCUT2D eigenvalue weighted by Crippen LogP contribution is -2.32. The summed E-state index contributed by atoms with van der Waals surface area (Å²) >= 11 is 7.50. The number of nitrogens with zero attached hydrogens (tertiary/aromatic N) is 1. The van der Waals surface area contributed by atoms with Gasteiger partial charge in [0.25, 0.3) is 0 Å². The molecular formula is C11H12ClN3O2S. The Kier molecular flexibility index (Phi) is 4.00. The number of amides is 1. The highest BCUT2D eigenvalue weighted by molar-refractivity contribution is 8.03. The molecule has 1 heterocycles. The molecule has 1 aromatic carbocycles. The summed E-state index contributed by atoms with van der Waals surface area (Å²) in [6, 6.07) is 5.36. The maximum atomic E-state index is 10.4. The predicted octanol–water partition coefficient (Wildman–Crippen LogP) is 1.69. The number of thioether (sulfide) groups is 1. The Balaban J connectivity index is 2.39. The van der Waals surface area contributed by atoms with E-state index in [1.165, 1.54) is 11.8 Å². The lowest BCUT2D eigenvalue weighted by molar-refractivity contribution is -0.108. The quantitative estimate of drug-likeness (QED) is 0.824. The van der Waals surface area contributed by atoms with E-state index >= 15 is 0 Å². The Bertz CT molecular complexity index is 495. The van der Waals surface area contributed by atoms with Gasteiger partial charge in [0.1, 0.15) is 16.9 Å². The lowest BCUT2D eigenvalue weighted by Gasteiger charge is -2.23. The first kappa shape index (κ1) is 13.1. The van der Waals surface area contributed by atoms with E-state index in [2.05, 4.69) is 5.32 Å². The van der Waals surface area contributed by atoms with E-state index in [0.717, 1.165) is 0 Å². The third-order valence-corrected chi connectivity index (χ3v) is 3.66. The molecule has 0 bridgehead atoms. The van der Waals surface area contributed by atoms with Crippen LogP contribution in [-0.2, 0) is 4.79 Å². The van der Waals surface area contributed by atoms with Crippen LogP contribution in [0, 0.1) is 0 Å². The molecule has 0 aliphatic carbocycles. The van der Waals surface area contributed by atoms with E-state index in [9.17, 15) is 4.79 Å². The normalized spacial score (nSPS) is 18.5. The van der Waals surface area contributed by atoms with Crippen molar-refractivity contribution in [1.82, 2.24) is 5.32 Å². The van der Waals surface area contributed by atoms with E-state index in [0.29, 0.717) is 27.9 Å². The molecule has 96 valence electrons. The number of nitrogens with two attached hydrogens (primary N) is 1. The van der Waals surface area contributed by atoms with Gasteiger partial charge < -0.3 is 20.7 Å². The lowest BCUT2D eigenvalue weighted by atomic mass is 10.2. The maximum Gasteiger partial charge on any atom is 0.211 e. The zero-order chi connectivity index (χ0) is 13.1. The van der Waals surface area contributed by atoms with Gasteiger partial charge in [0, 0.05) is 6.20 Å². The smallest absolute Gasteiger partial charge is 0.211 e. The Hall–Kier alpha value is -1.37. The average Bonchev–Trinajstić information content (AvgIpc) is 2.70. The molecule has 3 N–H and O–H groups in total. The molecule has 0 radical (unpaired) electrons. The van der Waals surface area contributed by atoms with Crippen molar-refractivity contribution < 1.29 is 9.53 Å². The molecule has 1 unspecified atom stereocenters. The Morgan fingerprint density at radius 2 is 2.39 bits per heavy atom. The second kappa shape index (κ2) is 5.51. The summed E-state index contributed by atoms with van der Waals surface area (Å²) in [4.78, 5) is 12.2. The van der Waals surface area contributed by atoms with Crippen molar-refractivity contribution in [3.8, 4) is 5.75 Å². The molecule has 1 atom stereocenters. The van der Waals surface area contributed by atoms with Crippen LogP contribution in [0.15, 0.2) is 29.4 Å². The molecule has 1 aromatic rings. The van der Waals surface area contributed by atoms with Crippen LogP contribution in [0.25, 0.3) is 0 Å². The number of halogens is 1. The fourth-order valence-electron chi connectivity index (χ4n) is 1.65. The fraction of sp³-hybridized carbons (Fsp3) is 0.182. The van der Waals surface area contributed by atoms with Crippen LogP contribution in [0.2, 0.25) is 5.02 Å². The van der Waals surface area contributed by atoms with E-state index in [-0.39, 0.29) is 5.50 Å². The second-order valence-electron chi connectivity index (χ2n) is 3.46. The van der Waals surface area contributed by atoms with Crippen LogP contribution in [-0.4, -0.2) is 19.0 Å². The zero-order valence-corrected chi connectivity index (χ0v) is 11.2. The number of carbonyl (C=O) groups is 1. The molecular weight excluding hydrogens is 274 g/mol. The summed E-state index contributed by atoms with van der Waals surface area (Å²) in [5.74, 6) is 0.627. The highest BCUT2D eigenvalue weighted by Gasteiger charge is 2.27. The molecule has 2 rings (SSSR count). The fourth-order valence-corrected chi connectivity index (χ4v) is 2.74. The molecule has 1 amide bonds. The molecule has 1 aliphatic heterocycles. The summed E-state index contributed by atoms with van der Waals surface area (Å²) in [6.45, 7) is 0. The highest BCUT2D eigenvalue weighted by Crippen LogP contribution is 2.41. The first-order valence-electron chi connectivity index (χ1n) is 5.12. The van der Waals surface area contributed by atoms with Gasteiger partial charge in [0.15, 0.2) is 0 Å². The number of carbonyl (C=O) groups excluding carboxylic acids is 1. The number of para-hydroxylation sites is 1. The van der Waals surface area contributed by atoms with Crippen LogP contribution >= 0.6 is 23.4 Å². The van der Waals surface area contributed by atoms with E-state index < -0.39 is 0 Å². The number of ether oxygens (including phenoxy) is 1. The minimum absolute atomic E-state index is 0.360. The molecule has 0 saturated carbocycles. The minimum Gasteiger partial charge on any atom is -0.495 e. The summed E-state index contributed by atoms with van der Waals surface area (Å²) in [5, 5.41) is 3.77. The van der Waals surface area contributed by atoms with Gasteiger partial charge in [0.2, 0.25) is 6.41 Å². The summed E-state index contributed by atoms with van der Waals surface area (Å²) in [7, 11) is 1.57. The third-order valence-electron chi connectivity index (χ3n) is 2.41. The number of nitrogens with one attached hydrogen (secondary N) is 1. The van der Waals surface area contributed by atoms with Gasteiger partial charge in [-0.05, 0) is 12.1 Å². The molecule has 5 nitrogen and oxygen atoms in total. The molecule has 0 saturated heterocycles. The van der Waals surface area contributed by atoms with Gasteiger partial charge in [-0.3, -0.25) is 4.79 Å². The SMILES string of the molecule is COc1cccc(Cl)c1N1C=C(NC=O)SC1N. The summed E-state index contributed by atoms with van der Waals surface area (Å²) < 4.78 is 5.27. The first-order valence-corrected chi connectivity index (χ1v) is 6.38. The predicted molar refractivity (Wildman–Crippen MR) is 73.3 cm³/mol. The molecule has 7 heteroatoms. The van der Waals surface area contributed by atoms with Gasteiger partial charge in [-0.1, -0.05) is 29.4 Å². The third kappa shape index (κ3) is 2.40. The monoisotopic (exact) mass is 285 g/mol. The van der Waals surface area contributed by atoms with Crippen molar-refractivity contribution in [2.24, 2.45) is 5.73 Å². The summed E-state index contributed by atoms with van der Waals surface area (Å²) in [5.41, 5.74) is 6.32. The number of hydrogen-bond donors (Lipinski definition) is 2. The van der Waals surface area contributed by atoms with Gasteiger partial charge >= 0.3 is 0 Å². The van der Waals surface area contributed by atoms with Crippen molar-refractivity contribution in [3.63, 3.8) is 0 Å².